The molecular weight excluding hydrogens is 260 g/mol. The molecule has 0 bridgehead atoms. The van der Waals surface area contributed by atoms with E-state index in [0.29, 0.717) is 0 Å². The van der Waals surface area contributed by atoms with Crippen molar-refractivity contribution in [2.24, 2.45) is 0 Å². The van der Waals surface area contributed by atoms with Crippen LogP contribution in [-0.2, 0) is 4.79 Å². The molecule has 21 heavy (non-hydrogen) atoms. The van der Waals surface area contributed by atoms with Crippen molar-refractivity contribution >= 4 is 23.3 Å². The molecular formula is C18H14N2O. The third-order valence-electron chi connectivity index (χ3n) is 4.14. The van der Waals surface area contributed by atoms with Crippen LogP contribution in [0.2, 0.25) is 0 Å². The number of rotatable bonds is 2. The molecule has 1 atom stereocenters. The first kappa shape index (κ1) is 12.1. The number of hydrogen-bond acceptors (Lipinski definition) is 2. The van der Waals surface area contributed by atoms with Crippen molar-refractivity contribution < 1.29 is 4.79 Å². The average Bonchev–Trinajstić information content (AvgIpc) is 2.97. The van der Waals surface area contributed by atoms with Crippen LogP contribution in [0.4, 0.5) is 0 Å². The summed E-state index contributed by atoms with van der Waals surface area (Å²) in [5.74, 6) is 0. The van der Waals surface area contributed by atoms with Gasteiger partial charge in [-0.15, -0.1) is 0 Å². The molecule has 1 aliphatic rings. The van der Waals surface area contributed by atoms with Crippen molar-refractivity contribution in [3.63, 3.8) is 0 Å². The summed E-state index contributed by atoms with van der Waals surface area (Å²) in [6, 6.07) is 14.0. The van der Waals surface area contributed by atoms with Crippen molar-refractivity contribution in [1.29, 1.82) is 0 Å². The molecule has 0 aliphatic carbocycles. The summed E-state index contributed by atoms with van der Waals surface area (Å²) >= 11 is 0. The SMILES string of the molecule is Cc1ccc2c3c1cnn3[C@H](c1ccccc1)C(C=O)=C2. The van der Waals surface area contributed by atoms with Crippen LogP contribution in [-0.4, -0.2) is 16.1 Å². The van der Waals surface area contributed by atoms with Gasteiger partial charge in [-0.05, 0) is 24.1 Å². The van der Waals surface area contributed by atoms with Crippen LogP contribution in [0.25, 0.3) is 17.0 Å². The first-order valence-electron chi connectivity index (χ1n) is 6.98. The number of carbonyl (C=O) groups excluding carboxylic acids is 1. The van der Waals surface area contributed by atoms with Gasteiger partial charge < -0.3 is 0 Å². The lowest BCUT2D eigenvalue weighted by molar-refractivity contribution is -0.105. The first-order valence-corrected chi connectivity index (χ1v) is 6.98. The maximum atomic E-state index is 11.6. The van der Waals surface area contributed by atoms with Crippen molar-refractivity contribution in [2.45, 2.75) is 13.0 Å². The van der Waals surface area contributed by atoms with Crippen molar-refractivity contribution in [3.05, 3.63) is 70.9 Å². The van der Waals surface area contributed by atoms with Crippen LogP contribution in [0, 0.1) is 6.92 Å². The number of benzene rings is 2. The Morgan fingerprint density at radius 3 is 2.71 bits per heavy atom. The second kappa shape index (κ2) is 4.42. The third kappa shape index (κ3) is 1.67. The number of aryl methyl sites for hydroxylation is 1. The first-order chi connectivity index (χ1) is 10.3. The third-order valence-corrected chi connectivity index (χ3v) is 4.14. The Hall–Kier alpha value is -2.68. The van der Waals surface area contributed by atoms with Crippen LogP contribution in [0.3, 0.4) is 0 Å². The standard InChI is InChI=1S/C18H14N2O/c1-12-7-8-14-9-15(11-21)17(13-5-3-2-4-6-13)20-18(14)16(12)10-19-20/h2-11,17H,1H3/t17-/m1/s1. The zero-order chi connectivity index (χ0) is 14.4. The van der Waals surface area contributed by atoms with Crippen LogP contribution < -0.4 is 0 Å². The van der Waals surface area contributed by atoms with E-state index < -0.39 is 0 Å². The van der Waals surface area contributed by atoms with Crippen LogP contribution >= 0.6 is 0 Å². The van der Waals surface area contributed by atoms with Crippen molar-refractivity contribution in [2.75, 3.05) is 0 Å². The summed E-state index contributed by atoms with van der Waals surface area (Å²) in [4.78, 5) is 11.6. The highest BCUT2D eigenvalue weighted by molar-refractivity contribution is 5.96. The minimum absolute atomic E-state index is 0.143. The fourth-order valence-corrected chi connectivity index (χ4v) is 3.10. The number of aldehydes is 1. The van der Waals surface area contributed by atoms with Gasteiger partial charge in [-0.25, -0.2) is 0 Å². The van der Waals surface area contributed by atoms with Gasteiger partial charge in [0.05, 0.1) is 11.7 Å². The van der Waals surface area contributed by atoms with Crippen molar-refractivity contribution in [1.82, 2.24) is 9.78 Å². The summed E-state index contributed by atoms with van der Waals surface area (Å²) < 4.78 is 1.97. The smallest absolute Gasteiger partial charge is 0.148 e. The number of aromatic nitrogens is 2. The predicted octanol–water partition coefficient (Wildman–Crippen LogP) is 3.53. The van der Waals surface area contributed by atoms with Gasteiger partial charge in [-0.1, -0.05) is 42.5 Å². The van der Waals surface area contributed by atoms with Gasteiger partial charge in [0.15, 0.2) is 0 Å². The van der Waals surface area contributed by atoms with Gasteiger partial charge in [0.25, 0.3) is 0 Å². The highest BCUT2D eigenvalue weighted by Crippen LogP contribution is 2.36. The summed E-state index contributed by atoms with van der Waals surface area (Å²) in [5.41, 5.74) is 5.18. The second-order valence-corrected chi connectivity index (χ2v) is 5.40. The predicted molar refractivity (Wildman–Crippen MR) is 83.1 cm³/mol. The summed E-state index contributed by atoms with van der Waals surface area (Å²) in [6.45, 7) is 2.08. The fourth-order valence-electron chi connectivity index (χ4n) is 3.10. The maximum absolute atomic E-state index is 11.6. The van der Waals surface area contributed by atoms with E-state index in [4.69, 9.17) is 0 Å². The zero-order valence-electron chi connectivity index (χ0n) is 11.7. The Morgan fingerprint density at radius 1 is 1.14 bits per heavy atom. The molecule has 1 aliphatic heterocycles. The molecule has 0 N–H and O–H groups in total. The molecule has 0 spiro atoms. The molecule has 0 amide bonds. The summed E-state index contributed by atoms with van der Waals surface area (Å²) in [6.07, 6.45) is 4.81. The van der Waals surface area contributed by atoms with Crippen LogP contribution in [0.1, 0.15) is 22.7 Å². The maximum Gasteiger partial charge on any atom is 0.148 e. The monoisotopic (exact) mass is 274 g/mol. The Labute approximate surface area is 122 Å². The molecule has 2 heterocycles. The van der Waals surface area contributed by atoms with Crippen LogP contribution in [0.5, 0.6) is 0 Å². The topological polar surface area (TPSA) is 34.9 Å². The Balaban J connectivity index is 2.05. The van der Waals surface area contributed by atoms with E-state index in [1.165, 1.54) is 5.56 Å². The van der Waals surface area contributed by atoms with Crippen LogP contribution in [0.15, 0.2) is 54.2 Å². The van der Waals surface area contributed by atoms with E-state index in [2.05, 4.69) is 24.2 Å². The molecule has 0 radical (unpaired) electrons. The molecule has 0 unspecified atom stereocenters. The lowest BCUT2D eigenvalue weighted by Gasteiger charge is -2.24. The van der Waals surface area contributed by atoms with Crippen molar-refractivity contribution in [3.8, 4) is 0 Å². The minimum Gasteiger partial charge on any atom is -0.298 e. The fraction of sp³-hybridized carbons (Fsp3) is 0.111. The van der Waals surface area contributed by atoms with Gasteiger partial charge in [0.2, 0.25) is 0 Å². The number of nitrogens with zero attached hydrogens (tertiary/aromatic N) is 2. The lowest BCUT2D eigenvalue weighted by atomic mass is 9.93. The van der Waals surface area contributed by atoms with E-state index >= 15 is 0 Å². The Morgan fingerprint density at radius 2 is 1.95 bits per heavy atom. The van der Waals surface area contributed by atoms with E-state index in [1.807, 2.05) is 47.3 Å². The highest BCUT2D eigenvalue weighted by atomic mass is 16.1. The molecule has 2 aromatic carbocycles. The van der Waals surface area contributed by atoms with E-state index in [9.17, 15) is 4.79 Å². The number of hydrogen-bond donors (Lipinski definition) is 0. The lowest BCUT2D eigenvalue weighted by Crippen LogP contribution is -2.18. The summed E-state index contributed by atoms with van der Waals surface area (Å²) in [5, 5.41) is 5.71. The Bertz CT molecular complexity index is 875. The minimum atomic E-state index is -0.143. The number of allylic oxidation sites excluding steroid dienone is 1. The average molecular weight is 274 g/mol. The molecule has 3 nitrogen and oxygen atoms in total. The Kier molecular flexibility index (Phi) is 2.54. The van der Waals surface area contributed by atoms with Gasteiger partial charge >= 0.3 is 0 Å². The van der Waals surface area contributed by atoms with E-state index in [-0.39, 0.29) is 6.04 Å². The van der Waals surface area contributed by atoms with Gasteiger partial charge in [0.1, 0.15) is 12.3 Å². The quantitative estimate of drug-likeness (QED) is 0.670. The van der Waals surface area contributed by atoms with Gasteiger partial charge in [-0.3, -0.25) is 9.48 Å². The summed E-state index contributed by atoms with van der Waals surface area (Å²) in [7, 11) is 0. The number of carbonyl (C=O) groups is 1. The molecule has 3 aromatic rings. The molecule has 0 fully saturated rings. The molecule has 0 saturated heterocycles. The molecule has 1 aromatic heterocycles. The molecule has 0 saturated carbocycles. The highest BCUT2D eigenvalue weighted by Gasteiger charge is 2.26. The second-order valence-electron chi connectivity index (χ2n) is 5.40. The molecule has 102 valence electrons. The van der Waals surface area contributed by atoms with Gasteiger partial charge in [-0.2, -0.15) is 5.10 Å². The molecule has 3 heteroatoms. The van der Waals surface area contributed by atoms with E-state index in [0.717, 1.165) is 33.9 Å². The van der Waals surface area contributed by atoms with Gasteiger partial charge in [0, 0.05) is 16.5 Å². The molecule has 4 rings (SSSR count). The normalized spacial score (nSPS) is 16.8. The largest absolute Gasteiger partial charge is 0.298 e. The van der Waals surface area contributed by atoms with E-state index in [1.54, 1.807) is 0 Å². The zero-order valence-corrected chi connectivity index (χ0v) is 11.7.